The van der Waals surface area contributed by atoms with Crippen LogP contribution in [-0.2, 0) is 6.54 Å². The van der Waals surface area contributed by atoms with Gasteiger partial charge in [0.1, 0.15) is 0 Å². The van der Waals surface area contributed by atoms with Crippen molar-refractivity contribution in [2.45, 2.75) is 25.5 Å². The lowest BCUT2D eigenvalue weighted by atomic mass is 10.1. The van der Waals surface area contributed by atoms with Gasteiger partial charge in [-0.1, -0.05) is 17.7 Å². The van der Waals surface area contributed by atoms with Crippen LogP contribution in [0.5, 0.6) is 0 Å². The zero-order valence-electron chi connectivity index (χ0n) is 10.3. The van der Waals surface area contributed by atoms with E-state index >= 15 is 0 Å². The summed E-state index contributed by atoms with van der Waals surface area (Å²) < 4.78 is 0. The van der Waals surface area contributed by atoms with E-state index in [1.165, 1.54) is 5.56 Å². The predicted octanol–water partition coefficient (Wildman–Crippen LogP) is 2.02. The summed E-state index contributed by atoms with van der Waals surface area (Å²) in [5.74, 6) is 0. The molecule has 0 bridgehead atoms. The number of benzene rings is 1. The van der Waals surface area contributed by atoms with E-state index in [2.05, 4.69) is 16.3 Å². The molecule has 4 heteroatoms. The van der Waals surface area contributed by atoms with E-state index in [-0.39, 0.29) is 0 Å². The highest BCUT2D eigenvalue weighted by Crippen LogP contribution is 2.32. The highest BCUT2D eigenvalue weighted by atomic mass is 35.5. The first-order valence-corrected chi connectivity index (χ1v) is 6.30. The second kappa shape index (κ2) is 4.84. The minimum Gasteiger partial charge on any atom is -0.388 e. The number of nitrogens with zero attached hydrogens (tertiary/aromatic N) is 1. The minimum absolute atomic E-state index is 0.590. The second-order valence-corrected chi connectivity index (χ2v) is 5.39. The van der Waals surface area contributed by atoms with E-state index in [1.54, 1.807) is 0 Å². The number of aliphatic hydroxyl groups is 1. The molecule has 0 amide bonds. The number of halogens is 1. The molecule has 17 heavy (non-hydrogen) atoms. The molecule has 1 heterocycles. The van der Waals surface area contributed by atoms with Crippen LogP contribution < -0.4 is 10.2 Å². The van der Waals surface area contributed by atoms with Crippen molar-refractivity contribution in [2.75, 3.05) is 25.0 Å². The van der Waals surface area contributed by atoms with Crippen molar-refractivity contribution in [2.24, 2.45) is 0 Å². The Morgan fingerprint density at radius 3 is 2.82 bits per heavy atom. The van der Waals surface area contributed by atoms with Gasteiger partial charge in [0.2, 0.25) is 0 Å². The van der Waals surface area contributed by atoms with Crippen LogP contribution in [0.1, 0.15) is 18.9 Å². The third kappa shape index (κ3) is 2.92. The molecule has 3 nitrogen and oxygen atoms in total. The first kappa shape index (κ1) is 12.7. The van der Waals surface area contributed by atoms with Gasteiger partial charge in [0.25, 0.3) is 0 Å². The third-order valence-corrected chi connectivity index (χ3v) is 3.49. The van der Waals surface area contributed by atoms with Crippen LogP contribution in [0.15, 0.2) is 18.2 Å². The van der Waals surface area contributed by atoms with E-state index in [9.17, 15) is 5.11 Å². The van der Waals surface area contributed by atoms with Crippen LogP contribution >= 0.6 is 11.6 Å². The van der Waals surface area contributed by atoms with Crippen LogP contribution in [0.4, 0.5) is 5.69 Å². The zero-order chi connectivity index (χ0) is 12.5. The van der Waals surface area contributed by atoms with Gasteiger partial charge in [0.05, 0.1) is 16.3 Å². The normalized spacial score (nSPS) is 24.4. The van der Waals surface area contributed by atoms with Crippen molar-refractivity contribution < 1.29 is 5.11 Å². The summed E-state index contributed by atoms with van der Waals surface area (Å²) in [4.78, 5) is 2.14. The van der Waals surface area contributed by atoms with Gasteiger partial charge in [-0.3, -0.25) is 0 Å². The fraction of sp³-hybridized carbons (Fsp3) is 0.538. The Labute approximate surface area is 107 Å². The van der Waals surface area contributed by atoms with Gasteiger partial charge in [-0.25, -0.2) is 0 Å². The highest BCUT2D eigenvalue weighted by Gasteiger charge is 2.32. The lowest BCUT2D eigenvalue weighted by Gasteiger charge is -2.22. The molecule has 1 saturated heterocycles. The molecule has 0 radical (unpaired) electrons. The number of nitrogens with one attached hydrogen (secondary N) is 1. The minimum atomic E-state index is -0.590. The SMILES string of the molecule is CNCc1ccc(N2CCC(C)(O)C2)c(Cl)c1. The van der Waals surface area contributed by atoms with Crippen molar-refractivity contribution in [1.29, 1.82) is 0 Å². The van der Waals surface area contributed by atoms with Gasteiger partial charge >= 0.3 is 0 Å². The van der Waals surface area contributed by atoms with E-state index in [0.717, 1.165) is 30.2 Å². The molecule has 2 rings (SSSR count). The summed E-state index contributed by atoms with van der Waals surface area (Å²) in [7, 11) is 1.92. The lowest BCUT2D eigenvalue weighted by molar-refractivity contribution is 0.0839. The van der Waals surface area contributed by atoms with Crippen LogP contribution in [0.3, 0.4) is 0 Å². The summed E-state index contributed by atoms with van der Waals surface area (Å²) in [6.07, 6.45) is 0.793. The van der Waals surface area contributed by atoms with E-state index in [0.29, 0.717) is 6.54 Å². The topological polar surface area (TPSA) is 35.5 Å². The Morgan fingerprint density at radius 1 is 1.53 bits per heavy atom. The molecular weight excluding hydrogens is 236 g/mol. The van der Waals surface area contributed by atoms with Crippen LogP contribution in [-0.4, -0.2) is 30.8 Å². The average Bonchev–Trinajstić information content (AvgIpc) is 2.59. The Bertz CT molecular complexity index is 406. The number of anilines is 1. The van der Waals surface area contributed by atoms with Crippen molar-refractivity contribution in [3.8, 4) is 0 Å². The molecule has 2 N–H and O–H groups in total. The molecule has 1 aromatic carbocycles. The fourth-order valence-corrected chi connectivity index (χ4v) is 2.59. The van der Waals surface area contributed by atoms with Crippen LogP contribution in [0, 0.1) is 0 Å². The fourth-order valence-electron chi connectivity index (χ4n) is 2.27. The molecular formula is C13H19ClN2O. The Balaban J connectivity index is 2.17. The van der Waals surface area contributed by atoms with Gasteiger partial charge in [-0.2, -0.15) is 0 Å². The molecule has 0 saturated carbocycles. The average molecular weight is 255 g/mol. The van der Waals surface area contributed by atoms with Gasteiger partial charge in [-0.15, -0.1) is 0 Å². The van der Waals surface area contributed by atoms with Crippen molar-refractivity contribution in [1.82, 2.24) is 5.32 Å². The largest absolute Gasteiger partial charge is 0.388 e. The zero-order valence-corrected chi connectivity index (χ0v) is 11.1. The van der Waals surface area contributed by atoms with E-state index in [4.69, 9.17) is 11.6 Å². The second-order valence-electron chi connectivity index (χ2n) is 4.98. The van der Waals surface area contributed by atoms with Gasteiger partial charge in [-0.05, 0) is 38.1 Å². The molecule has 0 aliphatic carbocycles. The van der Waals surface area contributed by atoms with Gasteiger partial charge < -0.3 is 15.3 Å². The lowest BCUT2D eigenvalue weighted by Crippen LogP contribution is -2.29. The predicted molar refractivity (Wildman–Crippen MR) is 71.7 cm³/mol. The molecule has 1 fully saturated rings. The quantitative estimate of drug-likeness (QED) is 0.866. The van der Waals surface area contributed by atoms with E-state index in [1.807, 2.05) is 26.1 Å². The van der Waals surface area contributed by atoms with Crippen molar-refractivity contribution in [3.05, 3.63) is 28.8 Å². The summed E-state index contributed by atoms with van der Waals surface area (Å²) in [6, 6.07) is 6.10. The first-order valence-electron chi connectivity index (χ1n) is 5.92. The summed E-state index contributed by atoms with van der Waals surface area (Å²) in [5.41, 5.74) is 1.60. The maximum atomic E-state index is 9.96. The molecule has 1 aromatic rings. The summed E-state index contributed by atoms with van der Waals surface area (Å²) in [5, 5.41) is 13.8. The van der Waals surface area contributed by atoms with Crippen LogP contribution in [0.2, 0.25) is 5.02 Å². The Morgan fingerprint density at radius 2 is 2.29 bits per heavy atom. The maximum absolute atomic E-state index is 9.96. The summed E-state index contributed by atoms with van der Waals surface area (Å²) >= 11 is 6.29. The monoisotopic (exact) mass is 254 g/mol. The summed E-state index contributed by atoms with van der Waals surface area (Å²) in [6.45, 7) is 4.20. The third-order valence-electron chi connectivity index (χ3n) is 3.19. The first-order chi connectivity index (χ1) is 8.02. The highest BCUT2D eigenvalue weighted by molar-refractivity contribution is 6.33. The maximum Gasteiger partial charge on any atom is 0.0810 e. The number of hydrogen-bond donors (Lipinski definition) is 2. The smallest absolute Gasteiger partial charge is 0.0810 e. The molecule has 94 valence electrons. The standard InChI is InChI=1S/C13H19ClN2O/c1-13(17)5-6-16(9-13)12-4-3-10(8-15-2)7-11(12)14/h3-4,7,15,17H,5-6,8-9H2,1-2H3. The molecule has 1 aliphatic heterocycles. The van der Waals surface area contributed by atoms with Crippen LogP contribution in [0.25, 0.3) is 0 Å². The number of hydrogen-bond acceptors (Lipinski definition) is 3. The molecule has 0 spiro atoms. The van der Waals surface area contributed by atoms with Gasteiger partial charge in [0.15, 0.2) is 0 Å². The Kier molecular flexibility index (Phi) is 3.61. The molecule has 1 unspecified atom stereocenters. The van der Waals surface area contributed by atoms with Gasteiger partial charge in [0, 0.05) is 19.6 Å². The number of rotatable bonds is 3. The molecule has 1 aliphatic rings. The van der Waals surface area contributed by atoms with E-state index < -0.39 is 5.60 Å². The van der Waals surface area contributed by atoms with Crippen molar-refractivity contribution >= 4 is 17.3 Å². The molecule has 0 aromatic heterocycles. The Hall–Kier alpha value is -0.770. The molecule has 1 atom stereocenters. The number of β-amino-alcohol motifs (C(OH)–C–C–N with tert-alkyl or cyclic N) is 1. The van der Waals surface area contributed by atoms with Crippen molar-refractivity contribution in [3.63, 3.8) is 0 Å².